The summed E-state index contributed by atoms with van der Waals surface area (Å²) in [5.41, 5.74) is 9.15. The number of carbonyl (C=O) groups excluding carboxylic acids is 2. The second-order valence-electron chi connectivity index (χ2n) is 5.63. The Morgan fingerprint density at radius 2 is 1.95 bits per heavy atom. The van der Waals surface area contributed by atoms with E-state index in [9.17, 15) is 9.59 Å². The van der Waals surface area contributed by atoms with Crippen LogP contribution in [0.15, 0.2) is 24.3 Å². The fourth-order valence-electron chi connectivity index (χ4n) is 2.71. The lowest BCUT2D eigenvalue weighted by molar-refractivity contribution is -0.124. The van der Waals surface area contributed by atoms with Gasteiger partial charge in [0, 0.05) is 24.7 Å². The molecule has 1 aromatic rings. The van der Waals surface area contributed by atoms with E-state index in [2.05, 4.69) is 17.2 Å². The van der Waals surface area contributed by atoms with Crippen molar-refractivity contribution in [3.63, 3.8) is 0 Å². The van der Waals surface area contributed by atoms with Gasteiger partial charge in [0.15, 0.2) is 0 Å². The van der Waals surface area contributed by atoms with E-state index in [1.54, 1.807) is 12.1 Å². The van der Waals surface area contributed by atoms with Crippen molar-refractivity contribution in [2.75, 3.05) is 6.54 Å². The number of primary amides is 1. The summed E-state index contributed by atoms with van der Waals surface area (Å²) in [6.07, 6.45) is 1.84. The molecule has 0 saturated carbocycles. The Morgan fingerprint density at radius 1 is 1.29 bits per heavy atom. The zero-order valence-electron chi connectivity index (χ0n) is 12.2. The number of hydrazine groups is 1. The number of rotatable bonds is 4. The number of nitrogen functional groups attached to an aromatic ring is 1. The van der Waals surface area contributed by atoms with Crippen molar-refractivity contribution in [3.8, 4) is 0 Å². The first-order valence-electron chi connectivity index (χ1n) is 7.14. The van der Waals surface area contributed by atoms with Gasteiger partial charge in [0.05, 0.1) is 5.92 Å². The minimum Gasteiger partial charge on any atom is -0.369 e. The smallest absolute Gasteiger partial charge is 0.265 e. The molecule has 1 fully saturated rings. The van der Waals surface area contributed by atoms with Gasteiger partial charge in [-0.05, 0) is 37.5 Å². The fraction of sp³-hybridized carbons (Fsp3) is 0.467. The van der Waals surface area contributed by atoms with Crippen molar-refractivity contribution in [2.45, 2.75) is 32.4 Å². The zero-order valence-corrected chi connectivity index (χ0v) is 12.2. The van der Waals surface area contributed by atoms with Crippen LogP contribution in [-0.2, 0) is 11.3 Å². The summed E-state index contributed by atoms with van der Waals surface area (Å²) in [6, 6.07) is 7.73. The molecule has 114 valence electrons. The van der Waals surface area contributed by atoms with Gasteiger partial charge in [-0.3, -0.25) is 19.9 Å². The topological polar surface area (TPSA) is 101 Å². The van der Waals surface area contributed by atoms with Gasteiger partial charge in [0.25, 0.3) is 5.91 Å². The molecule has 5 N–H and O–H groups in total. The minimum absolute atomic E-state index is 0.0662. The molecule has 0 spiro atoms. The van der Waals surface area contributed by atoms with E-state index in [4.69, 9.17) is 11.6 Å². The molecule has 6 nitrogen and oxygen atoms in total. The number of nitrogens with two attached hydrogens (primary N) is 2. The third-order valence-corrected chi connectivity index (χ3v) is 4.15. The summed E-state index contributed by atoms with van der Waals surface area (Å²) in [6.45, 7) is 3.60. The first kappa shape index (κ1) is 15.5. The molecular formula is C15H22N4O2. The SMILES string of the molecule is CC1CCC(C(N)=O)CN1Cc1ccc(C(=O)NN)cc1. The third-order valence-electron chi connectivity index (χ3n) is 4.15. The highest BCUT2D eigenvalue weighted by atomic mass is 16.2. The Hall–Kier alpha value is -1.92. The molecule has 0 radical (unpaired) electrons. The first-order valence-corrected chi connectivity index (χ1v) is 7.14. The monoisotopic (exact) mass is 290 g/mol. The zero-order chi connectivity index (χ0) is 15.4. The van der Waals surface area contributed by atoms with Crippen LogP contribution >= 0.6 is 0 Å². The molecule has 2 atom stereocenters. The molecule has 6 heteroatoms. The highest BCUT2D eigenvalue weighted by Gasteiger charge is 2.28. The van der Waals surface area contributed by atoms with Gasteiger partial charge in [-0.15, -0.1) is 0 Å². The quantitative estimate of drug-likeness (QED) is 0.424. The maximum absolute atomic E-state index is 11.4. The molecule has 2 amide bonds. The molecule has 2 rings (SSSR count). The van der Waals surface area contributed by atoms with Crippen LogP contribution in [0.1, 0.15) is 35.7 Å². The molecule has 1 aliphatic heterocycles. The van der Waals surface area contributed by atoms with Gasteiger partial charge in [-0.25, -0.2) is 5.84 Å². The normalized spacial score (nSPS) is 22.8. The number of nitrogens with zero attached hydrogens (tertiary/aromatic N) is 1. The second-order valence-corrected chi connectivity index (χ2v) is 5.63. The van der Waals surface area contributed by atoms with Crippen molar-refractivity contribution in [1.82, 2.24) is 10.3 Å². The summed E-state index contributed by atoms with van der Waals surface area (Å²) >= 11 is 0. The molecular weight excluding hydrogens is 268 g/mol. The second kappa shape index (κ2) is 6.69. The highest BCUT2D eigenvalue weighted by Crippen LogP contribution is 2.23. The molecule has 1 aliphatic rings. The number of benzene rings is 1. The lowest BCUT2D eigenvalue weighted by Gasteiger charge is -2.36. The van der Waals surface area contributed by atoms with Gasteiger partial charge in [-0.2, -0.15) is 0 Å². The van der Waals surface area contributed by atoms with Crippen LogP contribution in [0, 0.1) is 5.92 Å². The van der Waals surface area contributed by atoms with E-state index in [1.165, 1.54) is 0 Å². The van der Waals surface area contributed by atoms with Crippen molar-refractivity contribution in [2.24, 2.45) is 17.5 Å². The number of hydrogen-bond acceptors (Lipinski definition) is 4. The fourth-order valence-corrected chi connectivity index (χ4v) is 2.71. The average Bonchev–Trinajstić information content (AvgIpc) is 2.49. The van der Waals surface area contributed by atoms with Crippen LogP contribution < -0.4 is 17.0 Å². The first-order chi connectivity index (χ1) is 10.0. The summed E-state index contributed by atoms with van der Waals surface area (Å²) < 4.78 is 0. The molecule has 1 aromatic carbocycles. The van der Waals surface area contributed by atoms with Crippen molar-refractivity contribution in [1.29, 1.82) is 0 Å². The highest BCUT2D eigenvalue weighted by molar-refractivity contribution is 5.93. The number of amides is 2. The third kappa shape index (κ3) is 3.80. The number of piperidine rings is 1. The van der Waals surface area contributed by atoms with Crippen LogP contribution in [0.5, 0.6) is 0 Å². The molecule has 0 bridgehead atoms. The maximum atomic E-state index is 11.4. The minimum atomic E-state index is -0.304. The summed E-state index contributed by atoms with van der Waals surface area (Å²) in [4.78, 5) is 25.0. The number of carbonyl (C=O) groups is 2. The van der Waals surface area contributed by atoms with Crippen molar-refractivity contribution in [3.05, 3.63) is 35.4 Å². The molecule has 0 aliphatic carbocycles. The Balaban J connectivity index is 2.02. The van der Waals surface area contributed by atoms with Crippen LogP contribution in [0.4, 0.5) is 0 Å². The predicted octanol–water partition coefficient (Wildman–Crippen LogP) is 0.376. The van der Waals surface area contributed by atoms with Crippen LogP contribution in [0.2, 0.25) is 0 Å². The van der Waals surface area contributed by atoms with Gasteiger partial charge in [-0.1, -0.05) is 12.1 Å². The van der Waals surface area contributed by atoms with Gasteiger partial charge >= 0.3 is 0 Å². The van der Waals surface area contributed by atoms with Gasteiger partial charge in [0.1, 0.15) is 0 Å². The average molecular weight is 290 g/mol. The number of hydrogen-bond donors (Lipinski definition) is 3. The van der Waals surface area contributed by atoms with E-state index < -0.39 is 0 Å². The predicted molar refractivity (Wildman–Crippen MR) is 79.9 cm³/mol. The van der Waals surface area contributed by atoms with E-state index in [0.717, 1.165) is 24.9 Å². The largest absolute Gasteiger partial charge is 0.369 e. The van der Waals surface area contributed by atoms with E-state index in [1.807, 2.05) is 12.1 Å². The lowest BCUT2D eigenvalue weighted by atomic mass is 9.92. The molecule has 0 aromatic heterocycles. The van der Waals surface area contributed by atoms with Gasteiger partial charge < -0.3 is 5.73 Å². The van der Waals surface area contributed by atoms with Crippen molar-refractivity contribution >= 4 is 11.8 Å². The Kier molecular flexibility index (Phi) is 4.93. The number of likely N-dealkylation sites (tertiary alicyclic amines) is 1. The van der Waals surface area contributed by atoms with Gasteiger partial charge in [0.2, 0.25) is 5.91 Å². The molecule has 2 unspecified atom stereocenters. The maximum Gasteiger partial charge on any atom is 0.265 e. The molecule has 1 heterocycles. The Morgan fingerprint density at radius 3 is 2.52 bits per heavy atom. The molecule has 1 saturated heterocycles. The van der Waals surface area contributed by atoms with Crippen LogP contribution in [0.3, 0.4) is 0 Å². The summed E-state index contributed by atoms with van der Waals surface area (Å²) in [5, 5.41) is 0. The number of nitrogens with one attached hydrogen (secondary N) is 1. The molecule has 21 heavy (non-hydrogen) atoms. The Bertz CT molecular complexity index is 515. The van der Waals surface area contributed by atoms with Crippen LogP contribution in [-0.4, -0.2) is 29.3 Å². The summed E-state index contributed by atoms with van der Waals surface area (Å²) in [7, 11) is 0. The lowest BCUT2D eigenvalue weighted by Crippen LogP contribution is -2.45. The Labute approximate surface area is 124 Å². The van der Waals surface area contributed by atoms with Crippen LogP contribution in [0.25, 0.3) is 0 Å². The standard InChI is InChI=1S/C15H22N4O2/c1-10-2-5-13(14(16)20)9-19(10)8-11-3-6-12(7-4-11)15(21)18-17/h3-4,6-7,10,13H,2,5,8-9,17H2,1H3,(H2,16,20)(H,18,21). The van der Waals surface area contributed by atoms with E-state index in [0.29, 0.717) is 18.2 Å². The van der Waals surface area contributed by atoms with E-state index in [-0.39, 0.29) is 17.7 Å². The summed E-state index contributed by atoms with van der Waals surface area (Å²) in [5.74, 6) is 4.51. The van der Waals surface area contributed by atoms with Crippen molar-refractivity contribution < 1.29 is 9.59 Å². The van der Waals surface area contributed by atoms with E-state index >= 15 is 0 Å².